The van der Waals surface area contributed by atoms with E-state index in [0.717, 1.165) is 19.3 Å². The number of nitrogens with zero attached hydrogens (tertiary/aromatic N) is 3. The van der Waals surface area contributed by atoms with Gasteiger partial charge in [-0.3, -0.25) is 14.9 Å². The third-order valence-electron chi connectivity index (χ3n) is 4.34. The van der Waals surface area contributed by atoms with E-state index in [2.05, 4.69) is 0 Å². The summed E-state index contributed by atoms with van der Waals surface area (Å²) in [7, 11) is 1.70. The van der Waals surface area contributed by atoms with Gasteiger partial charge in [-0.2, -0.15) is 0 Å². The minimum absolute atomic E-state index is 0.00480. The maximum atomic E-state index is 12.6. The molecule has 23 heavy (non-hydrogen) atoms. The van der Waals surface area contributed by atoms with Crippen LogP contribution in [0, 0.1) is 10.1 Å². The summed E-state index contributed by atoms with van der Waals surface area (Å²) in [6.45, 7) is 2.73. The zero-order valence-electron chi connectivity index (χ0n) is 13.6. The first-order valence-electron chi connectivity index (χ1n) is 7.91. The molecule has 2 atom stereocenters. The van der Waals surface area contributed by atoms with E-state index in [1.807, 2.05) is 11.8 Å². The molecule has 2 unspecified atom stereocenters. The number of hydrogen-bond donors (Lipinski definition) is 1. The molecule has 1 aliphatic heterocycles. The number of nitro benzene ring substituents is 1. The average Bonchev–Trinajstić information content (AvgIpc) is 2.54. The van der Waals surface area contributed by atoms with Crippen LogP contribution in [-0.4, -0.2) is 48.0 Å². The highest BCUT2D eigenvalue weighted by Gasteiger charge is 2.30. The summed E-state index contributed by atoms with van der Waals surface area (Å²) in [5, 5.41) is 11.1. The molecule has 7 nitrogen and oxygen atoms in total. The van der Waals surface area contributed by atoms with Gasteiger partial charge in [-0.05, 0) is 32.3 Å². The van der Waals surface area contributed by atoms with Gasteiger partial charge in [0.2, 0.25) is 5.91 Å². The molecular formula is C16H24N4O3. The molecule has 2 rings (SSSR count). The predicted octanol–water partition coefficient (Wildman–Crippen LogP) is 1.76. The molecule has 2 N–H and O–H groups in total. The van der Waals surface area contributed by atoms with Gasteiger partial charge in [-0.1, -0.05) is 12.1 Å². The Balaban J connectivity index is 2.12. The molecule has 7 heteroatoms. The van der Waals surface area contributed by atoms with E-state index in [1.54, 1.807) is 30.1 Å². The van der Waals surface area contributed by atoms with Crippen LogP contribution in [0.5, 0.6) is 0 Å². The molecule has 1 aliphatic rings. The van der Waals surface area contributed by atoms with Crippen molar-refractivity contribution < 1.29 is 9.72 Å². The molecular weight excluding hydrogens is 296 g/mol. The predicted molar refractivity (Wildman–Crippen MR) is 89.4 cm³/mol. The van der Waals surface area contributed by atoms with Gasteiger partial charge in [-0.25, -0.2) is 0 Å². The number of nitro groups is 1. The van der Waals surface area contributed by atoms with E-state index in [9.17, 15) is 14.9 Å². The lowest BCUT2D eigenvalue weighted by Crippen LogP contribution is -2.53. The molecule has 1 aromatic rings. The van der Waals surface area contributed by atoms with Crippen LogP contribution >= 0.6 is 0 Å². The van der Waals surface area contributed by atoms with E-state index >= 15 is 0 Å². The first kappa shape index (κ1) is 17.2. The lowest BCUT2D eigenvalue weighted by atomic mass is 9.97. The summed E-state index contributed by atoms with van der Waals surface area (Å²) in [6, 6.07) is 6.43. The Morgan fingerprint density at radius 2 is 2.17 bits per heavy atom. The third-order valence-corrected chi connectivity index (χ3v) is 4.34. The Morgan fingerprint density at radius 1 is 1.48 bits per heavy atom. The number of carbonyl (C=O) groups excluding carboxylic acids is 1. The number of anilines is 1. The van der Waals surface area contributed by atoms with Gasteiger partial charge in [0.05, 0.1) is 11.5 Å². The summed E-state index contributed by atoms with van der Waals surface area (Å²) in [4.78, 5) is 26.8. The fourth-order valence-corrected chi connectivity index (χ4v) is 3.13. The van der Waals surface area contributed by atoms with Gasteiger partial charge in [0.25, 0.3) is 5.69 Å². The Bertz CT molecular complexity index is 576. The number of para-hydroxylation sites is 2. The summed E-state index contributed by atoms with van der Waals surface area (Å²) >= 11 is 0. The SMILES string of the molecule is CC(N)C1CCCCN1C(=O)CN(C)c1ccccc1[N+](=O)[O-]. The van der Waals surface area contributed by atoms with Crippen LogP contribution in [0.2, 0.25) is 0 Å². The van der Waals surface area contributed by atoms with Crippen molar-refractivity contribution in [2.75, 3.05) is 25.0 Å². The van der Waals surface area contributed by atoms with Gasteiger partial charge < -0.3 is 15.5 Å². The van der Waals surface area contributed by atoms with Crippen LogP contribution in [-0.2, 0) is 4.79 Å². The fourth-order valence-electron chi connectivity index (χ4n) is 3.13. The van der Waals surface area contributed by atoms with Gasteiger partial charge in [0, 0.05) is 31.7 Å². The van der Waals surface area contributed by atoms with E-state index in [1.165, 1.54) is 6.07 Å². The molecule has 1 amide bonds. The highest BCUT2D eigenvalue weighted by Crippen LogP contribution is 2.27. The lowest BCUT2D eigenvalue weighted by molar-refractivity contribution is -0.384. The number of carbonyl (C=O) groups is 1. The number of likely N-dealkylation sites (N-methyl/N-ethyl adjacent to an activating group) is 1. The summed E-state index contributed by atoms with van der Waals surface area (Å²) in [6.07, 6.45) is 2.97. The minimum atomic E-state index is -0.429. The molecule has 0 aromatic heterocycles. The van der Waals surface area contributed by atoms with Crippen LogP contribution in [0.25, 0.3) is 0 Å². The van der Waals surface area contributed by atoms with Crippen molar-refractivity contribution in [3.05, 3.63) is 34.4 Å². The van der Waals surface area contributed by atoms with Gasteiger partial charge >= 0.3 is 0 Å². The number of rotatable bonds is 5. The zero-order valence-corrected chi connectivity index (χ0v) is 13.6. The van der Waals surface area contributed by atoms with Gasteiger partial charge in [0.1, 0.15) is 5.69 Å². The maximum Gasteiger partial charge on any atom is 0.292 e. The van der Waals surface area contributed by atoms with Crippen LogP contribution in [0.1, 0.15) is 26.2 Å². The first-order valence-corrected chi connectivity index (χ1v) is 7.91. The molecule has 1 heterocycles. The standard InChI is InChI=1S/C16H24N4O3/c1-12(17)13-7-5-6-10-19(13)16(21)11-18(2)14-8-3-4-9-15(14)20(22)23/h3-4,8-9,12-13H,5-7,10-11,17H2,1-2H3. The van der Waals surface area contributed by atoms with Crippen molar-refractivity contribution in [3.8, 4) is 0 Å². The molecule has 0 bridgehead atoms. The molecule has 1 fully saturated rings. The molecule has 0 spiro atoms. The van der Waals surface area contributed by atoms with Crippen molar-refractivity contribution in [1.82, 2.24) is 4.90 Å². The van der Waals surface area contributed by atoms with Crippen LogP contribution in [0.15, 0.2) is 24.3 Å². The molecule has 0 radical (unpaired) electrons. The first-order chi connectivity index (χ1) is 10.9. The van der Waals surface area contributed by atoms with Crippen molar-refractivity contribution >= 4 is 17.3 Å². The van der Waals surface area contributed by atoms with Crippen LogP contribution < -0.4 is 10.6 Å². The Hall–Kier alpha value is -2.15. The fraction of sp³-hybridized carbons (Fsp3) is 0.562. The number of benzene rings is 1. The second kappa shape index (κ2) is 7.41. The van der Waals surface area contributed by atoms with Crippen molar-refractivity contribution in [1.29, 1.82) is 0 Å². The van der Waals surface area contributed by atoms with Gasteiger partial charge in [-0.15, -0.1) is 0 Å². The largest absolute Gasteiger partial charge is 0.360 e. The van der Waals surface area contributed by atoms with Crippen LogP contribution in [0.4, 0.5) is 11.4 Å². The van der Waals surface area contributed by atoms with Crippen LogP contribution in [0.3, 0.4) is 0 Å². The summed E-state index contributed by atoms with van der Waals surface area (Å²) < 4.78 is 0. The normalized spacial score (nSPS) is 19.3. The molecule has 1 aromatic carbocycles. The number of piperidine rings is 1. The monoisotopic (exact) mass is 320 g/mol. The second-order valence-corrected chi connectivity index (χ2v) is 6.11. The van der Waals surface area contributed by atoms with Crippen molar-refractivity contribution in [2.24, 2.45) is 5.73 Å². The van der Waals surface area contributed by atoms with Gasteiger partial charge in [0.15, 0.2) is 0 Å². The highest BCUT2D eigenvalue weighted by atomic mass is 16.6. The quantitative estimate of drug-likeness (QED) is 0.659. The Labute approximate surface area is 136 Å². The molecule has 0 aliphatic carbocycles. The number of amides is 1. The third kappa shape index (κ3) is 3.98. The smallest absolute Gasteiger partial charge is 0.292 e. The number of likely N-dealkylation sites (tertiary alicyclic amines) is 1. The Morgan fingerprint density at radius 3 is 2.83 bits per heavy atom. The molecule has 126 valence electrons. The highest BCUT2D eigenvalue weighted by molar-refractivity contribution is 5.83. The number of hydrogen-bond acceptors (Lipinski definition) is 5. The Kier molecular flexibility index (Phi) is 5.54. The minimum Gasteiger partial charge on any atom is -0.360 e. The van der Waals surface area contributed by atoms with E-state index in [4.69, 9.17) is 5.73 Å². The van der Waals surface area contributed by atoms with Crippen molar-refractivity contribution in [2.45, 2.75) is 38.3 Å². The second-order valence-electron chi connectivity index (χ2n) is 6.11. The zero-order chi connectivity index (χ0) is 17.0. The topological polar surface area (TPSA) is 92.7 Å². The van der Waals surface area contributed by atoms with E-state index < -0.39 is 4.92 Å². The average molecular weight is 320 g/mol. The summed E-state index contributed by atoms with van der Waals surface area (Å²) in [5.74, 6) is -0.0346. The number of nitrogens with two attached hydrogens (primary N) is 1. The van der Waals surface area contributed by atoms with E-state index in [0.29, 0.717) is 12.2 Å². The van der Waals surface area contributed by atoms with E-state index in [-0.39, 0.29) is 30.2 Å². The van der Waals surface area contributed by atoms with Crippen molar-refractivity contribution in [3.63, 3.8) is 0 Å². The molecule has 1 saturated heterocycles. The summed E-state index contributed by atoms with van der Waals surface area (Å²) in [5.41, 5.74) is 6.45. The maximum absolute atomic E-state index is 12.6. The lowest BCUT2D eigenvalue weighted by Gasteiger charge is -2.39. The molecule has 0 saturated carbocycles.